The number of ketones is 1. The number of carbonyl (C=O) groups excluding carboxylic acids is 2. The maximum Gasteiger partial charge on any atom is 0.192 e. The summed E-state index contributed by atoms with van der Waals surface area (Å²) in [6, 6.07) is 0. The molecule has 0 N–H and O–H groups in total. The molecule has 0 aromatic carbocycles. The van der Waals surface area contributed by atoms with Crippen LogP contribution in [0.15, 0.2) is 0 Å². The van der Waals surface area contributed by atoms with E-state index in [0.29, 0.717) is 6.42 Å². The Morgan fingerprint density at radius 3 is 1.78 bits per heavy atom. The van der Waals surface area contributed by atoms with Crippen LogP contribution >= 0.6 is 11.8 Å². The van der Waals surface area contributed by atoms with Crippen molar-refractivity contribution >= 4 is 22.7 Å². The quantitative estimate of drug-likeness (QED) is 0.764. The van der Waals surface area contributed by atoms with Gasteiger partial charge in [0.05, 0.1) is 0 Å². The molecule has 2 atom stereocenters. The molecule has 0 aliphatic carbocycles. The molecule has 0 unspecified atom stereocenters. The Bertz CT molecular complexity index is 307. The minimum atomic E-state index is -0.311. The first kappa shape index (κ1) is 17.7. The fourth-order valence-corrected chi connectivity index (χ4v) is 2.42. The highest BCUT2D eigenvalue weighted by atomic mass is 32.2. The zero-order valence-corrected chi connectivity index (χ0v) is 13.9. The fraction of sp³-hybridized carbons (Fsp3) is 0.867. The molecule has 0 aromatic rings. The summed E-state index contributed by atoms with van der Waals surface area (Å²) < 4.78 is -0.0564. The maximum atomic E-state index is 12.1. The van der Waals surface area contributed by atoms with Gasteiger partial charge in [-0.1, -0.05) is 67.2 Å². The number of hydrogen-bond acceptors (Lipinski definition) is 3. The highest BCUT2D eigenvalue weighted by molar-refractivity contribution is 8.14. The molecule has 0 amide bonds. The number of rotatable bonds is 4. The summed E-state index contributed by atoms with van der Waals surface area (Å²) in [7, 11) is 0. The van der Waals surface area contributed by atoms with Crippen LogP contribution in [-0.2, 0) is 9.59 Å². The smallest absolute Gasteiger partial charge is 0.192 e. The second kappa shape index (κ2) is 6.23. The van der Waals surface area contributed by atoms with E-state index in [1.54, 1.807) is 0 Å². The van der Waals surface area contributed by atoms with E-state index in [0.717, 1.165) is 0 Å². The van der Waals surface area contributed by atoms with Gasteiger partial charge in [0, 0.05) is 22.5 Å². The average molecular weight is 272 g/mol. The fourth-order valence-electron chi connectivity index (χ4n) is 1.40. The van der Waals surface area contributed by atoms with Crippen LogP contribution < -0.4 is 0 Å². The van der Waals surface area contributed by atoms with Gasteiger partial charge in [-0.05, 0) is 5.92 Å². The van der Waals surface area contributed by atoms with Crippen molar-refractivity contribution in [2.24, 2.45) is 17.3 Å². The van der Waals surface area contributed by atoms with Gasteiger partial charge in [-0.15, -0.1) is 0 Å². The van der Waals surface area contributed by atoms with Crippen molar-refractivity contribution < 1.29 is 9.59 Å². The molecule has 0 bridgehead atoms. The monoisotopic (exact) mass is 272 g/mol. The summed E-state index contributed by atoms with van der Waals surface area (Å²) in [5.74, 6) is 0.273. The third-order valence-corrected chi connectivity index (χ3v) is 4.16. The number of Topliss-reactive ketones (excluding diaryl/α,β-unsaturated/α-hetero) is 1. The number of carbonyl (C=O) groups is 2. The molecule has 0 radical (unpaired) electrons. The van der Waals surface area contributed by atoms with Gasteiger partial charge in [-0.3, -0.25) is 9.59 Å². The Balaban J connectivity index is 4.48. The van der Waals surface area contributed by atoms with Crippen LogP contribution in [0, 0.1) is 17.3 Å². The van der Waals surface area contributed by atoms with E-state index in [1.165, 1.54) is 11.8 Å². The van der Waals surface area contributed by atoms with E-state index < -0.39 is 0 Å². The van der Waals surface area contributed by atoms with Crippen molar-refractivity contribution in [2.45, 2.75) is 66.6 Å². The molecular weight excluding hydrogens is 244 g/mol. The number of thioether (sulfide) groups is 1. The molecule has 0 fully saturated rings. The summed E-state index contributed by atoms with van der Waals surface area (Å²) >= 11 is 1.38. The Kier molecular flexibility index (Phi) is 6.12. The van der Waals surface area contributed by atoms with Gasteiger partial charge in [0.2, 0.25) is 0 Å². The average Bonchev–Trinajstić information content (AvgIpc) is 2.11. The molecule has 0 heterocycles. The van der Waals surface area contributed by atoms with E-state index in [2.05, 4.69) is 0 Å². The summed E-state index contributed by atoms with van der Waals surface area (Å²) in [5, 5.41) is 0.191. The van der Waals surface area contributed by atoms with Crippen LogP contribution in [0.5, 0.6) is 0 Å². The molecule has 106 valence electrons. The second-order valence-corrected chi connectivity index (χ2v) is 9.01. The van der Waals surface area contributed by atoms with E-state index in [-0.39, 0.29) is 32.9 Å². The summed E-state index contributed by atoms with van der Waals surface area (Å²) in [6.45, 7) is 15.8. The van der Waals surface area contributed by atoms with Gasteiger partial charge in [0.1, 0.15) is 5.78 Å². The van der Waals surface area contributed by atoms with Gasteiger partial charge in [-0.2, -0.15) is 0 Å². The van der Waals surface area contributed by atoms with Gasteiger partial charge in [0.25, 0.3) is 0 Å². The Labute approximate surface area is 116 Å². The molecule has 0 saturated carbocycles. The largest absolute Gasteiger partial charge is 0.299 e. The SMILES string of the molecule is C[C@H](CC(=O)C(C)(C)C)[C@H](C)C(=O)SC(C)(C)C. The van der Waals surface area contributed by atoms with Crippen molar-refractivity contribution in [1.82, 2.24) is 0 Å². The second-order valence-electron chi connectivity index (χ2n) is 7.18. The standard InChI is InChI=1S/C15H28O2S/c1-10(9-12(16)14(3,4)5)11(2)13(17)18-15(6,7)8/h10-11H,9H2,1-8H3/t10-,11+/m1/s1. The molecule has 0 aliphatic heterocycles. The lowest BCUT2D eigenvalue weighted by Gasteiger charge is -2.25. The number of hydrogen-bond donors (Lipinski definition) is 0. The highest BCUT2D eigenvalue weighted by Crippen LogP contribution is 2.31. The van der Waals surface area contributed by atoms with E-state index in [4.69, 9.17) is 0 Å². The molecule has 2 nitrogen and oxygen atoms in total. The summed E-state index contributed by atoms with van der Waals surface area (Å²) in [4.78, 5) is 24.1. The van der Waals surface area contributed by atoms with Crippen molar-refractivity contribution in [3.8, 4) is 0 Å². The minimum absolute atomic E-state index is 0.0564. The van der Waals surface area contributed by atoms with Crippen molar-refractivity contribution in [2.75, 3.05) is 0 Å². The highest BCUT2D eigenvalue weighted by Gasteiger charge is 2.29. The molecule has 0 aromatic heterocycles. The third kappa shape index (κ3) is 6.58. The first-order valence-corrected chi connectivity index (χ1v) is 7.42. The van der Waals surface area contributed by atoms with Gasteiger partial charge in [-0.25, -0.2) is 0 Å². The molecule has 0 spiro atoms. The Morgan fingerprint density at radius 2 is 1.44 bits per heavy atom. The predicted octanol–water partition coefficient (Wildman–Crippen LogP) is 4.32. The predicted molar refractivity (Wildman–Crippen MR) is 79.8 cm³/mol. The van der Waals surface area contributed by atoms with Gasteiger partial charge < -0.3 is 0 Å². The first-order valence-electron chi connectivity index (χ1n) is 6.61. The van der Waals surface area contributed by atoms with Crippen LogP contribution in [0.3, 0.4) is 0 Å². The zero-order valence-electron chi connectivity index (χ0n) is 13.1. The minimum Gasteiger partial charge on any atom is -0.299 e. The normalized spacial score (nSPS) is 16.2. The molecular formula is C15H28O2S. The lowest BCUT2D eigenvalue weighted by molar-refractivity contribution is -0.127. The van der Waals surface area contributed by atoms with Gasteiger partial charge >= 0.3 is 0 Å². The lowest BCUT2D eigenvalue weighted by Crippen LogP contribution is -2.27. The van der Waals surface area contributed by atoms with Crippen molar-refractivity contribution in [1.29, 1.82) is 0 Å². The Morgan fingerprint density at radius 1 is 1.00 bits per heavy atom. The van der Waals surface area contributed by atoms with Crippen LogP contribution in [0.25, 0.3) is 0 Å². The van der Waals surface area contributed by atoms with E-state index >= 15 is 0 Å². The van der Waals surface area contributed by atoms with Crippen molar-refractivity contribution in [3.63, 3.8) is 0 Å². The third-order valence-electron chi connectivity index (χ3n) is 2.98. The van der Waals surface area contributed by atoms with E-state index in [9.17, 15) is 9.59 Å². The zero-order chi connectivity index (χ0) is 14.7. The lowest BCUT2D eigenvalue weighted by atomic mass is 9.82. The molecule has 0 saturated heterocycles. The molecule has 0 aliphatic rings. The van der Waals surface area contributed by atoms with E-state index in [1.807, 2.05) is 55.4 Å². The van der Waals surface area contributed by atoms with Crippen molar-refractivity contribution in [3.05, 3.63) is 0 Å². The van der Waals surface area contributed by atoms with Crippen LogP contribution in [0.2, 0.25) is 0 Å². The first-order chi connectivity index (χ1) is 7.84. The topological polar surface area (TPSA) is 34.1 Å². The van der Waals surface area contributed by atoms with Crippen LogP contribution in [0.4, 0.5) is 0 Å². The van der Waals surface area contributed by atoms with Crippen LogP contribution in [-0.4, -0.2) is 15.6 Å². The maximum absolute atomic E-state index is 12.1. The van der Waals surface area contributed by atoms with Crippen LogP contribution in [0.1, 0.15) is 61.8 Å². The summed E-state index contributed by atoms with van der Waals surface area (Å²) in [6.07, 6.45) is 0.487. The molecule has 3 heteroatoms. The summed E-state index contributed by atoms with van der Waals surface area (Å²) in [5.41, 5.74) is -0.311. The Hall–Kier alpha value is -0.310. The van der Waals surface area contributed by atoms with Gasteiger partial charge in [0.15, 0.2) is 5.12 Å². The molecule has 0 rings (SSSR count). The molecule has 18 heavy (non-hydrogen) atoms.